The molecule has 4 heteroatoms. The summed E-state index contributed by atoms with van der Waals surface area (Å²) >= 11 is 0. The first-order valence-electron chi connectivity index (χ1n) is 7.64. The van der Waals surface area contributed by atoms with Gasteiger partial charge in [-0.05, 0) is 43.2 Å². The highest BCUT2D eigenvalue weighted by atomic mass is 16.5. The van der Waals surface area contributed by atoms with Crippen molar-refractivity contribution in [1.29, 1.82) is 0 Å². The maximum absolute atomic E-state index is 11.9. The number of esters is 1. The molecule has 1 aromatic heterocycles. The fraction of sp³-hybridized carbons (Fsp3) is 0.211. The van der Waals surface area contributed by atoms with Crippen LogP contribution in [-0.2, 0) is 11.3 Å². The summed E-state index contributed by atoms with van der Waals surface area (Å²) < 4.78 is 11.0. The highest BCUT2D eigenvalue weighted by Crippen LogP contribution is 2.29. The van der Waals surface area contributed by atoms with Crippen LogP contribution in [0.2, 0.25) is 0 Å². The van der Waals surface area contributed by atoms with Crippen LogP contribution < -0.4 is 4.74 Å². The fourth-order valence-corrected chi connectivity index (χ4v) is 2.52. The molecule has 1 heterocycles. The van der Waals surface area contributed by atoms with Crippen LogP contribution in [0.5, 0.6) is 5.75 Å². The summed E-state index contributed by atoms with van der Waals surface area (Å²) in [5, 5.41) is 0.884. The zero-order valence-electron chi connectivity index (χ0n) is 13.3. The fourth-order valence-electron chi connectivity index (χ4n) is 2.52. The molecule has 3 aromatic rings. The summed E-state index contributed by atoms with van der Waals surface area (Å²) in [7, 11) is 0. The number of hydrogen-bond donors (Lipinski definition) is 1. The predicted molar refractivity (Wildman–Crippen MR) is 89.8 cm³/mol. The largest absolute Gasteiger partial charge is 0.488 e. The number of carbonyl (C=O) groups is 1. The molecule has 0 spiro atoms. The number of benzene rings is 2. The van der Waals surface area contributed by atoms with Crippen LogP contribution in [-0.4, -0.2) is 17.6 Å². The van der Waals surface area contributed by atoms with Crippen LogP contribution in [0.25, 0.3) is 10.9 Å². The molecule has 2 aromatic carbocycles. The first-order valence-corrected chi connectivity index (χ1v) is 7.64. The van der Waals surface area contributed by atoms with Crippen molar-refractivity contribution in [3.05, 3.63) is 65.4 Å². The summed E-state index contributed by atoms with van der Waals surface area (Å²) in [6.45, 7) is 4.63. The van der Waals surface area contributed by atoms with E-state index in [0.29, 0.717) is 18.9 Å². The van der Waals surface area contributed by atoms with Gasteiger partial charge in [-0.25, -0.2) is 4.79 Å². The standard InChI is InChI=1S/C19H19NO3/c1-3-22-19(21)17-11-15-16(20-17)9-13(2)10-18(15)23-12-14-7-5-4-6-8-14/h4-11,20H,3,12H2,1-2H3. The number of rotatable bonds is 5. The third-order valence-electron chi connectivity index (χ3n) is 3.58. The SMILES string of the molecule is CCOC(=O)c1cc2c(OCc3ccccc3)cc(C)cc2[nH]1. The van der Waals surface area contributed by atoms with Gasteiger partial charge in [-0.3, -0.25) is 0 Å². The number of nitrogens with one attached hydrogen (secondary N) is 1. The molecule has 4 nitrogen and oxygen atoms in total. The lowest BCUT2D eigenvalue weighted by Gasteiger charge is -2.08. The molecular formula is C19H19NO3. The van der Waals surface area contributed by atoms with Gasteiger partial charge >= 0.3 is 5.97 Å². The van der Waals surface area contributed by atoms with E-state index in [1.165, 1.54) is 0 Å². The van der Waals surface area contributed by atoms with Gasteiger partial charge in [0.2, 0.25) is 0 Å². The summed E-state index contributed by atoms with van der Waals surface area (Å²) in [5.41, 5.74) is 3.48. The third kappa shape index (κ3) is 3.37. The maximum atomic E-state index is 11.9. The Hall–Kier alpha value is -2.75. The van der Waals surface area contributed by atoms with Crippen LogP contribution in [0.15, 0.2) is 48.5 Å². The number of aromatic amines is 1. The van der Waals surface area contributed by atoms with E-state index in [-0.39, 0.29) is 5.97 Å². The Labute approximate surface area is 135 Å². The molecule has 0 unspecified atom stereocenters. The number of hydrogen-bond acceptors (Lipinski definition) is 3. The van der Waals surface area contributed by atoms with E-state index in [2.05, 4.69) is 4.98 Å². The van der Waals surface area contributed by atoms with Gasteiger partial charge in [-0.1, -0.05) is 30.3 Å². The van der Waals surface area contributed by atoms with Gasteiger partial charge in [0.15, 0.2) is 0 Å². The molecule has 0 saturated carbocycles. The van der Waals surface area contributed by atoms with Gasteiger partial charge in [0, 0.05) is 5.39 Å². The minimum absolute atomic E-state index is 0.352. The highest BCUT2D eigenvalue weighted by molar-refractivity contribution is 5.97. The lowest BCUT2D eigenvalue weighted by Crippen LogP contribution is -2.04. The Balaban J connectivity index is 1.91. The molecule has 0 amide bonds. The zero-order valence-corrected chi connectivity index (χ0v) is 13.3. The molecule has 23 heavy (non-hydrogen) atoms. The van der Waals surface area contributed by atoms with Crippen molar-refractivity contribution in [1.82, 2.24) is 4.98 Å². The van der Waals surface area contributed by atoms with Gasteiger partial charge in [0.1, 0.15) is 18.1 Å². The van der Waals surface area contributed by atoms with E-state index in [4.69, 9.17) is 9.47 Å². The van der Waals surface area contributed by atoms with Crippen molar-refractivity contribution in [2.24, 2.45) is 0 Å². The minimum atomic E-state index is -0.352. The van der Waals surface area contributed by atoms with Gasteiger partial charge in [-0.2, -0.15) is 0 Å². The van der Waals surface area contributed by atoms with Crippen molar-refractivity contribution in [2.45, 2.75) is 20.5 Å². The van der Waals surface area contributed by atoms with E-state index in [9.17, 15) is 4.79 Å². The number of ether oxygens (including phenoxy) is 2. The molecule has 3 rings (SSSR count). The van der Waals surface area contributed by atoms with E-state index < -0.39 is 0 Å². The van der Waals surface area contributed by atoms with E-state index in [1.54, 1.807) is 13.0 Å². The topological polar surface area (TPSA) is 51.3 Å². The highest BCUT2D eigenvalue weighted by Gasteiger charge is 2.14. The second-order valence-corrected chi connectivity index (χ2v) is 5.40. The lowest BCUT2D eigenvalue weighted by molar-refractivity contribution is 0.0520. The minimum Gasteiger partial charge on any atom is -0.488 e. The summed E-state index contributed by atoms with van der Waals surface area (Å²) in [6, 6.07) is 15.8. The van der Waals surface area contributed by atoms with Crippen molar-refractivity contribution < 1.29 is 14.3 Å². The molecule has 0 aliphatic rings. The Morgan fingerprint density at radius 1 is 1.13 bits per heavy atom. The van der Waals surface area contributed by atoms with Crippen LogP contribution in [0.4, 0.5) is 0 Å². The molecular weight excluding hydrogens is 290 g/mol. The monoisotopic (exact) mass is 309 g/mol. The normalized spacial score (nSPS) is 10.7. The quantitative estimate of drug-likeness (QED) is 0.717. The predicted octanol–water partition coefficient (Wildman–Crippen LogP) is 4.23. The molecule has 0 radical (unpaired) electrons. The number of aryl methyl sites for hydroxylation is 1. The van der Waals surface area contributed by atoms with E-state index >= 15 is 0 Å². The summed E-state index contributed by atoms with van der Waals surface area (Å²) in [4.78, 5) is 15.0. The molecule has 0 aliphatic heterocycles. The lowest BCUT2D eigenvalue weighted by atomic mass is 10.1. The molecule has 0 atom stereocenters. The number of aromatic nitrogens is 1. The molecule has 0 saturated heterocycles. The van der Waals surface area contributed by atoms with Crippen molar-refractivity contribution in [2.75, 3.05) is 6.61 Å². The Morgan fingerprint density at radius 3 is 2.65 bits per heavy atom. The molecule has 0 fully saturated rings. The van der Waals surface area contributed by atoms with Gasteiger partial charge in [0.25, 0.3) is 0 Å². The van der Waals surface area contributed by atoms with Crippen LogP contribution in [0.1, 0.15) is 28.5 Å². The number of H-pyrrole nitrogens is 1. The first-order chi connectivity index (χ1) is 11.2. The summed E-state index contributed by atoms with van der Waals surface area (Å²) in [5.74, 6) is 0.408. The van der Waals surface area contributed by atoms with Crippen LogP contribution in [0, 0.1) is 6.92 Å². The van der Waals surface area contributed by atoms with E-state index in [1.807, 2.05) is 49.4 Å². The molecule has 0 bridgehead atoms. The second kappa shape index (κ2) is 6.57. The maximum Gasteiger partial charge on any atom is 0.354 e. The average Bonchev–Trinajstić information content (AvgIpc) is 2.98. The van der Waals surface area contributed by atoms with Gasteiger partial charge in [-0.15, -0.1) is 0 Å². The van der Waals surface area contributed by atoms with Crippen molar-refractivity contribution >= 4 is 16.9 Å². The second-order valence-electron chi connectivity index (χ2n) is 5.40. The smallest absolute Gasteiger partial charge is 0.354 e. The molecule has 1 N–H and O–H groups in total. The van der Waals surface area contributed by atoms with Gasteiger partial charge < -0.3 is 14.5 Å². The Kier molecular flexibility index (Phi) is 4.33. The summed E-state index contributed by atoms with van der Waals surface area (Å²) in [6.07, 6.45) is 0. The van der Waals surface area contributed by atoms with Crippen LogP contribution in [0.3, 0.4) is 0 Å². The van der Waals surface area contributed by atoms with Crippen molar-refractivity contribution in [3.63, 3.8) is 0 Å². The zero-order chi connectivity index (χ0) is 16.2. The number of fused-ring (bicyclic) bond motifs is 1. The Bertz CT molecular complexity index is 821. The average molecular weight is 309 g/mol. The van der Waals surface area contributed by atoms with E-state index in [0.717, 1.165) is 27.8 Å². The first kappa shape index (κ1) is 15.2. The third-order valence-corrected chi connectivity index (χ3v) is 3.58. The van der Waals surface area contributed by atoms with Crippen molar-refractivity contribution in [3.8, 4) is 5.75 Å². The molecule has 118 valence electrons. The number of carbonyl (C=O) groups excluding carboxylic acids is 1. The van der Waals surface area contributed by atoms with Gasteiger partial charge in [0.05, 0.1) is 12.1 Å². The Morgan fingerprint density at radius 2 is 1.91 bits per heavy atom. The molecule has 0 aliphatic carbocycles. The van der Waals surface area contributed by atoms with Crippen LogP contribution >= 0.6 is 0 Å².